The molecule has 4 fully saturated rings. The minimum atomic E-state index is 0.521. The van der Waals surface area contributed by atoms with E-state index in [9.17, 15) is 0 Å². The van der Waals surface area contributed by atoms with E-state index in [-0.39, 0.29) is 0 Å². The minimum absolute atomic E-state index is 0.521. The van der Waals surface area contributed by atoms with Crippen LogP contribution in [0.3, 0.4) is 0 Å². The summed E-state index contributed by atoms with van der Waals surface area (Å²) < 4.78 is 0. The molecule has 108 valence electrons. The highest BCUT2D eigenvalue weighted by atomic mass is 15.0. The Labute approximate surface area is 123 Å². The summed E-state index contributed by atoms with van der Waals surface area (Å²) in [5.41, 5.74) is 2.15. The number of benzene rings is 1. The molecule has 4 bridgehead atoms. The third-order valence-electron chi connectivity index (χ3n) is 6.19. The van der Waals surface area contributed by atoms with Crippen molar-refractivity contribution in [1.29, 1.82) is 0 Å². The van der Waals surface area contributed by atoms with Gasteiger partial charge in [0.15, 0.2) is 0 Å². The Kier molecular flexibility index (Phi) is 2.96. The highest BCUT2D eigenvalue weighted by Crippen LogP contribution is 2.60. The average Bonchev–Trinajstić information content (AvgIpc) is 2.43. The fourth-order valence-electron chi connectivity index (χ4n) is 5.83. The molecular formula is C19H27N. The van der Waals surface area contributed by atoms with Gasteiger partial charge in [-0.1, -0.05) is 44.2 Å². The zero-order chi connectivity index (χ0) is 13.7. The van der Waals surface area contributed by atoms with E-state index in [4.69, 9.17) is 0 Å². The maximum atomic E-state index is 3.89. The fraction of sp³-hybridized carbons (Fsp3) is 0.684. The van der Waals surface area contributed by atoms with Gasteiger partial charge in [0.1, 0.15) is 0 Å². The third kappa shape index (κ3) is 1.94. The SMILES string of the molecule is CC(C)NC1C2CC3CC1CC(c1ccccc1)(C3)C2. The Hall–Kier alpha value is -0.820. The summed E-state index contributed by atoms with van der Waals surface area (Å²) in [6, 6.07) is 12.8. The van der Waals surface area contributed by atoms with E-state index in [2.05, 4.69) is 49.5 Å². The standard InChI is InChI=1S/C19H27N/c1-13(2)20-18-15-8-14-9-16(18)12-19(10-14,11-15)17-6-4-3-5-7-17/h3-7,13-16,18,20H,8-12H2,1-2H3. The highest BCUT2D eigenvalue weighted by Gasteiger charge is 2.55. The Morgan fingerprint density at radius 2 is 1.65 bits per heavy atom. The van der Waals surface area contributed by atoms with Gasteiger partial charge in [-0.3, -0.25) is 0 Å². The molecule has 0 radical (unpaired) electrons. The Morgan fingerprint density at radius 1 is 1.00 bits per heavy atom. The molecule has 0 amide bonds. The Bertz CT molecular complexity index is 462. The molecular weight excluding hydrogens is 242 g/mol. The first-order valence-corrected chi connectivity index (χ1v) is 8.48. The van der Waals surface area contributed by atoms with Crippen LogP contribution < -0.4 is 5.32 Å². The molecule has 0 aromatic heterocycles. The quantitative estimate of drug-likeness (QED) is 0.870. The molecule has 0 heterocycles. The molecule has 5 rings (SSSR count). The third-order valence-corrected chi connectivity index (χ3v) is 6.19. The summed E-state index contributed by atoms with van der Waals surface area (Å²) in [4.78, 5) is 0. The van der Waals surface area contributed by atoms with E-state index < -0.39 is 0 Å². The molecule has 4 aliphatic carbocycles. The van der Waals surface area contributed by atoms with Gasteiger partial charge in [0.25, 0.3) is 0 Å². The smallest absolute Gasteiger partial charge is 0.0127 e. The van der Waals surface area contributed by atoms with Gasteiger partial charge < -0.3 is 5.32 Å². The lowest BCUT2D eigenvalue weighted by Gasteiger charge is -2.61. The van der Waals surface area contributed by atoms with Crippen molar-refractivity contribution in [3.05, 3.63) is 35.9 Å². The van der Waals surface area contributed by atoms with Crippen LogP contribution in [0.15, 0.2) is 30.3 Å². The maximum absolute atomic E-state index is 3.89. The van der Waals surface area contributed by atoms with E-state index in [1.807, 2.05) is 0 Å². The topological polar surface area (TPSA) is 12.0 Å². The first-order valence-electron chi connectivity index (χ1n) is 8.48. The second-order valence-corrected chi connectivity index (χ2v) is 7.96. The van der Waals surface area contributed by atoms with E-state index in [0.29, 0.717) is 11.5 Å². The minimum Gasteiger partial charge on any atom is -0.311 e. The Balaban J connectivity index is 1.65. The van der Waals surface area contributed by atoms with Crippen molar-refractivity contribution in [3.63, 3.8) is 0 Å². The maximum Gasteiger partial charge on any atom is 0.0127 e. The molecule has 0 saturated heterocycles. The average molecular weight is 269 g/mol. The van der Waals surface area contributed by atoms with Gasteiger partial charge in [0, 0.05) is 12.1 Å². The molecule has 1 heteroatoms. The Morgan fingerprint density at radius 3 is 2.25 bits per heavy atom. The van der Waals surface area contributed by atoms with Gasteiger partial charge in [-0.25, -0.2) is 0 Å². The van der Waals surface area contributed by atoms with Crippen molar-refractivity contribution >= 4 is 0 Å². The van der Waals surface area contributed by atoms with Crippen LogP contribution in [0.4, 0.5) is 0 Å². The first-order chi connectivity index (χ1) is 9.66. The predicted molar refractivity (Wildman–Crippen MR) is 83.7 cm³/mol. The normalized spacial score (nSPS) is 42.4. The lowest BCUT2D eigenvalue weighted by Crippen LogP contribution is -2.60. The second-order valence-electron chi connectivity index (χ2n) is 7.96. The lowest BCUT2D eigenvalue weighted by atomic mass is 9.46. The lowest BCUT2D eigenvalue weighted by molar-refractivity contribution is -0.0372. The summed E-state index contributed by atoms with van der Waals surface area (Å²) >= 11 is 0. The van der Waals surface area contributed by atoms with Crippen molar-refractivity contribution in [2.24, 2.45) is 17.8 Å². The first kappa shape index (κ1) is 12.9. The van der Waals surface area contributed by atoms with Crippen molar-refractivity contribution in [3.8, 4) is 0 Å². The zero-order valence-corrected chi connectivity index (χ0v) is 12.8. The van der Waals surface area contributed by atoms with Gasteiger partial charge in [0.05, 0.1) is 0 Å². The van der Waals surface area contributed by atoms with Crippen LogP contribution >= 0.6 is 0 Å². The predicted octanol–water partition coefficient (Wildman–Crippen LogP) is 4.13. The zero-order valence-electron chi connectivity index (χ0n) is 12.8. The van der Waals surface area contributed by atoms with E-state index in [0.717, 1.165) is 23.8 Å². The van der Waals surface area contributed by atoms with Crippen molar-refractivity contribution in [2.45, 2.75) is 63.5 Å². The molecule has 2 atom stereocenters. The van der Waals surface area contributed by atoms with Crippen molar-refractivity contribution in [2.75, 3.05) is 0 Å². The summed E-state index contributed by atoms with van der Waals surface area (Å²) in [5, 5.41) is 3.89. The number of hydrogen-bond donors (Lipinski definition) is 1. The fourth-order valence-corrected chi connectivity index (χ4v) is 5.83. The number of hydrogen-bond acceptors (Lipinski definition) is 1. The molecule has 1 nitrogen and oxygen atoms in total. The van der Waals surface area contributed by atoms with Crippen LogP contribution in [0.5, 0.6) is 0 Å². The molecule has 0 spiro atoms. The highest BCUT2D eigenvalue weighted by molar-refractivity contribution is 5.30. The van der Waals surface area contributed by atoms with Crippen LogP contribution in [-0.4, -0.2) is 12.1 Å². The summed E-state index contributed by atoms with van der Waals surface area (Å²) in [6.45, 7) is 4.61. The largest absolute Gasteiger partial charge is 0.311 e. The molecule has 20 heavy (non-hydrogen) atoms. The molecule has 1 aromatic rings. The monoisotopic (exact) mass is 269 g/mol. The van der Waals surface area contributed by atoms with Crippen LogP contribution in [0, 0.1) is 17.8 Å². The van der Waals surface area contributed by atoms with Crippen molar-refractivity contribution in [1.82, 2.24) is 5.32 Å². The molecule has 0 aliphatic heterocycles. The van der Waals surface area contributed by atoms with Gasteiger partial charge in [-0.05, 0) is 60.8 Å². The molecule has 1 N–H and O–H groups in total. The molecule has 2 unspecified atom stereocenters. The molecule has 4 saturated carbocycles. The van der Waals surface area contributed by atoms with Gasteiger partial charge in [0.2, 0.25) is 0 Å². The second kappa shape index (κ2) is 4.59. The van der Waals surface area contributed by atoms with Crippen LogP contribution in [0.2, 0.25) is 0 Å². The van der Waals surface area contributed by atoms with Gasteiger partial charge in [-0.2, -0.15) is 0 Å². The van der Waals surface area contributed by atoms with E-state index in [1.54, 1.807) is 5.56 Å². The van der Waals surface area contributed by atoms with Crippen LogP contribution in [0.25, 0.3) is 0 Å². The summed E-state index contributed by atoms with van der Waals surface area (Å²) in [5.74, 6) is 2.84. The number of nitrogens with one attached hydrogen (secondary N) is 1. The molecule has 4 aliphatic rings. The van der Waals surface area contributed by atoms with E-state index >= 15 is 0 Å². The summed E-state index contributed by atoms with van der Waals surface area (Å²) in [7, 11) is 0. The van der Waals surface area contributed by atoms with Crippen LogP contribution in [-0.2, 0) is 5.41 Å². The number of rotatable bonds is 3. The van der Waals surface area contributed by atoms with Crippen LogP contribution in [0.1, 0.15) is 51.5 Å². The van der Waals surface area contributed by atoms with Gasteiger partial charge >= 0.3 is 0 Å². The van der Waals surface area contributed by atoms with Crippen molar-refractivity contribution < 1.29 is 0 Å². The summed E-state index contributed by atoms with van der Waals surface area (Å²) in [6.07, 6.45) is 7.27. The van der Waals surface area contributed by atoms with Gasteiger partial charge in [-0.15, -0.1) is 0 Å². The molecule has 1 aromatic carbocycles. The van der Waals surface area contributed by atoms with E-state index in [1.165, 1.54) is 32.1 Å².